The zero-order valence-electron chi connectivity index (χ0n) is 20.4. The lowest BCUT2D eigenvalue weighted by molar-refractivity contribution is -0.159. The van der Waals surface area contributed by atoms with Gasteiger partial charge >= 0.3 is 11.9 Å². The van der Waals surface area contributed by atoms with Crippen molar-refractivity contribution < 1.29 is 23.9 Å². The number of carbonyl (C=O) groups excluding carboxylic acids is 3. The van der Waals surface area contributed by atoms with Crippen molar-refractivity contribution in [2.75, 3.05) is 0 Å². The quantitative estimate of drug-likeness (QED) is 0.423. The minimum Gasteiger partial charge on any atom is -0.460 e. The molecular weight excluding hydrogens is 418 g/mol. The van der Waals surface area contributed by atoms with E-state index in [4.69, 9.17) is 9.47 Å². The van der Waals surface area contributed by atoms with E-state index in [9.17, 15) is 14.4 Å². The first-order valence-corrected chi connectivity index (χ1v) is 11.2. The van der Waals surface area contributed by atoms with Crippen LogP contribution >= 0.6 is 0 Å². The maximum Gasteiger partial charge on any atom is 0.323 e. The van der Waals surface area contributed by atoms with Crippen LogP contribution in [0.5, 0.6) is 0 Å². The van der Waals surface area contributed by atoms with E-state index in [-0.39, 0.29) is 18.6 Å². The van der Waals surface area contributed by atoms with Gasteiger partial charge in [-0.3, -0.25) is 19.7 Å². The highest BCUT2D eigenvalue weighted by Crippen LogP contribution is 2.22. The van der Waals surface area contributed by atoms with Gasteiger partial charge in [0.25, 0.3) is 0 Å². The van der Waals surface area contributed by atoms with Gasteiger partial charge in [-0.15, -0.1) is 0 Å². The molecule has 0 aliphatic rings. The number of ether oxygens (including phenoxy) is 2. The van der Waals surface area contributed by atoms with Gasteiger partial charge in [-0.05, 0) is 53.5 Å². The Kier molecular flexibility index (Phi) is 8.94. The Morgan fingerprint density at radius 1 is 0.788 bits per heavy atom. The molecule has 0 saturated heterocycles. The van der Waals surface area contributed by atoms with Crippen LogP contribution in [0.1, 0.15) is 76.3 Å². The molecule has 0 aromatic heterocycles. The molecule has 1 N–H and O–H groups in total. The lowest BCUT2D eigenvalue weighted by Gasteiger charge is -2.28. The molecule has 2 aromatic carbocycles. The van der Waals surface area contributed by atoms with Gasteiger partial charge in [-0.25, -0.2) is 0 Å². The van der Waals surface area contributed by atoms with Crippen LogP contribution in [0.4, 0.5) is 0 Å². The van der Waals surface area contributed by atoms with E-state index in [2.05, 4.69) is 5.32 Å². The van der Waals surface area contributed by atoms with E-state index in [0.29, 0.717) is 5.56 Å². The van der Waals surface area contributed by atoms with Crippen molar-refractivity contribution in [1.29, 1.82) is 0 Å². The Bertz CT molecular complexity index is 926. The summed E-state index contributed by atoms with van der Waals surface area (Å²) < 4.78 is 11.0. The van der Waals surface area contributed by atoms with Crippen LogP contribution in [-0.4, -0.2) is 35.0 Å². The largest absolute Gasteiger partial charge is 0.460 e. The Morgan fingerprint density at radius 3 is 1.82 bits per heavy atom. The fourth-order valence-electron chi connectivity index (χ4n) is 3.24. The van der Waals surface area contributed by atoms with Gasteiger partial charge in [-0.2, -0.15) is 0 Å². The zero-order valence-corrected chi connectivity index (χ0v) is 20.4. The van der Waals surface area contributed by atoms with Crippen LogP contribution in [0, 0.1) is 0 Å². The zero-order chi connectivity index (χ0) is 24.6. The summed E-state index contributed by atoms with van der Waals surface area (Å²) >= 11 is 0. The first kappa shape index (κ1) is 26.3. The number of carbonyl (C=O) groups is 3. The SMILES string of the molecule is CC(C)(C)OC(=O)CC[C@H](NC(C(=O)c1ccccc1)c1ccccc1)C(=O)OC(C)(C)C. The van der Waals surface area contributed by atoms with Crippen molar-refractivity contribution in [3.05, 3.63) is 71.8 Å². The minimum absolute atomic E-state index is 0.00914. The summed E-state index contributed by atoms with van der Waals surface area (Å²) in [5.74, 6) is -1.11. The number of rotatable bonds is 9. The highest BCUT2D eigenvalue weighted by Gasteiger charge is 2.32. The summed E-state index contributed by atoms with van der Waals surface area (Å²) in [4.78, 5) is 38.8. The van der Waals surface area contributed by atoms with Gasteiger partial charge in [-0.1, -0.05) is 60.7 Å². The Hall–Kier alpha value is -2.99. The summed E-state index contributed by atoms with van der Waals surface area (Å²) in [7, 11) is 0. The van der Waals surface area contributed by atoms with Gasteiger partial charge in [0, 0.05) is 12.0 Å². The van der Waals surface area contributed by atoms with Crippen LogP contribution < -0.4 is 5.32 Å². The van der Waals surface area contributed by atoms with Gasteiger partial charge < -0.3 is 9.47 Å². The van der Waals surface area contributed by atoms with Gasteiger partial charge in [0.05, 0.1) is 6.04 Å². The molecule has 0 saturated carbocycles. The third-order valence-electron chi connectivity index (χ3n) is 4.57. The number of ketones is 1. The summed E-state index contributed by atoms with van der Waals surface area (Å²) in [6.07, 6.45) is 0.143. The van der Waals surface area contributed by atoms with Gasteiger partial charge in [0.15, 0.2) is 5.78 Å². The van der Waals surface area contributed by atoms with E-state index < -0.39 is 35.2 Å². The molecule has 0 amide bonds. The molecule has 0 radical (unpaired) electrons. The van der Waals surface area contributed by atoms with E-state index in [1.165, 1.54) is 0 Å². The van der Waals surface area contributed by atoms with Crippen molar-refractivity contribution in [3.63, 3.8) is 0 Å². The maximum absolute atomic E-state index is 13.4. The molecule has 1 unspecified atom stereocenters. The third kappa shape index (κ3) is 9.18. The molecule has 2 aromatic rings. The van der Waals surface area contributed by atoms with Crippen molar-refractivity contribution in [2.24, 2.45) is 0 Å². The molecule has 33 heavy (non-hydrogen) atoms. The monoisotopic (exact) mass is 453 g/mol. The Morgan fingerprint density at radius 2 is 1.30 bits per heavy atom. The number of hydrogen-bond donors (Lipinski definition) is 1. The molecule has 0 heterocycles. The second-order valence-corrected chi connectivity index (χ2v) is 9.95. The Balaban J connectivity index is 2.32. The van der Waals surface area contributed by atoms with Crippen molar-refractivity contribution in [3.8, 4) is 0 Å². The molecular formula is C27H35NO5. The lowest BCUT2D eigenvalue weighted by atomic mass is 9.96. The molecule has 178 valence electrons. The molecule has 0 fully saturated rings. The Labute approximate surface area is 196 Å². The molecule has 0 aliphatic carbocycles. The van der Waals surface area contributed by atoms with Crippen LogP contribution in [0.3, 0.4) is 0 Å². The summed E-state index contributed by atoms with van der Waals surface area (Å²) in [6.45, 7) is 10.7. The highest BCUT2D eigenvalue weighted by molar-refractivity contribution is 6.01. The van der Waals surface area contributed by atoms with E-state index >= 15 is 0 Å². The normalized spacial score (nSPS) is 13.6. The van der Waals surface area contributed by atoms with Gasteiger partial charge in [0.2, 0.25) is 0 Å². The summed E-state index contributed by atoms with van der Waals surface area (Å²) in [5.41, 5.74) is -0.0951. The molecule has 2 rings (SSSR count). The molecule has 0 spiro atoms. The number of esters is 2. The smallest absolute Gasteiger partial charge is 0.323 e. The van der Waals surface area contributed by atoms with Crippen molar-refractivity contribution in [1.82, 2.24) is 5.32 Å². The maximum atomic E-state index is 13.4. The minimum atomic E-state index is -0.880. The number of benzene rings is 2. The second-order valence-electron chi connectivity index (χ2n) is 9.95. The van der Waals surface area contributed by atoms with E-state index in [1.54, 1.807) is 65.8 Å². The van der Waals surface area contributed by atoms with Crippen LogP contribution in [0.25, 0.3) is 0 Å². The fraction of sp³-hybridized carbons (Fsp3) is 0.444. The second kappa shape index (κ2) is 11.2. The predicted octanol–water partition coefficient (Wildman–Crippen LogP) is 5.03. The molecule has 0 aliphatic heterocycles. The average molecular weight is 454 g/mol. The van der Waals surface area contributed by atoms with Crippen LogP contribution in [0.2, 0.25) is 0 Å². The van der Waals surface area contributed by atoms with E-state index in [1.807, 2.05) is 36.4 Å². The molecule has 6 heteroatoms. The first-order chi connectivity index (χ1) is 15.4. The topological polar surface area (TPSA) is 81.7 Å². The summed E-state index contributed by atoms with van der Waals surface area (Å²) in [6, 6.07) is 16.4. The first-order valence-electron chi connectivity index (χ1n) is 11.2. The van der Waals surface area contributed by atoms with Crippen LogP contribution in [-0.2, 0) is 19.1 Å². The standard InChI is InChI=1S/C27H35NO5/c1-26(2,3)32-22(29)18-17-21(25(31)33-27(4,5)6)28-23(19-13-9-7-10-14-19)24(30)20-15-11-8-12-16-20/h7-16,21,23,28H,17-18H2,1-6H3/t21-,23?/m0/s1. The van der Waals surface area contributed by atoms with Crippen molar-refractivity contribution >= 4 is 17.7 Å². The lowest BCUT2D eigenvalue weighted by Crippen LogP contribution is -2.45. The number of hydrogen-bond acceptors (Lipinski definition) is 6. The average Bonchev–Trinajstić information content (AvgIpc) is 2.72. The fourth-order valence-corrected chi connectivity index (χ4v) is 3.24. The highest BCUT2D eigenvalue weighted by atomic mass is 16.6. The third-order valence-corrected chi connectivity index (χ3v) is 4.57. The predicted molar refractivity (Wildman–Crippen MR) is 128 cm³/mol. The summed E-state index contributed by atoms with van der Waals surface area (Å²) in [5, 5.41) is 3.18. The molecule has 2 atom stereocenters. The van der Waals surface area contributed by atoms with Gasteiger partial charge in [0.1, 0.15) is 17.2 Å². The van der Waals surface area contributed by atoms with Crippen molar-refractivity contribution in [2.45, 2.75) is 77.7 Å². The van der Waals surface area contributed by atoms with Crippen LogP contribution in [0.15, 0.2) is 60.7 Å². The molecule has 0 bridgehead atoms. The number of nitrogens with one attached hydrogen (secondary N) is 1. The number of Topliss-reactive ketones (excluding diaryl/α,β-unsaturated/α-hetero) is 1. The molecule has 6 nitrogen and oxygen atoms in total. The van der Waals surface area contributed by atoms with E-state index in [0.717, 1.165) is 5.56 Å².